The molecule has 5 heteroatoms. The van der Waals surface area contributed by atoms with Gasteiger partial charge in [-0.15, -0.1) is 0 Å². The van der Waals surface area contributed by atoms with Crippen LogP contribution in [-0.4, -0.2) is 34.3 Å². The Morgan fingerprint density at radius 2 is 1.95 bits per heavy atom. The summed E-state index contributed by atoms with van der Waals surface area (Å²) >= 11 is 3.41. The van der Waals surface area contributed by atoms with Crippen molar-refractivity contribution in [2.75, 3.05) is 6.54 Å². The van der Waals surface area contributed by atoms with Gasteiger partial charge < -0.3 is 10.0 Å². The van der Waals surface area contributed by atoms with E-state index < -0.39 is 12.0 Å². The van der Waals surface area contributed by atoms with E-state index in [4.69, 9.17) is 0 Å². The Kier molecular flexibility index (Phi) is 3.22. The lowest BCUT2D eigenvalue weighted by Gasteiger charge is -2.24. The molecule has 1 unspecified atom stereocenters. The average Bonchev–Trinajstić information content (AvgIpc) is 2.96. The summed E-state index contributed by atoms with van der Waals surface area (Å²) in [4.78, 5) is 25.6. The Morgan fingerprint density at radius 1 is 1.25 bits per heavy atom. The molecule has 2 aliphatic heterocycles. The second-order valence-corrected chi connectivity index (χ2v) is 5.69. The first-order valence-electron chi connectivity index (χ1n) is 6.29. The molecule has 4 nitrogen and oxygen atoms in total. The number of carbonyl (C=O) groups excluding carboxylic acids is 1. The minimum atomic E-state index is -0.910. The van der Waals surface area contributed by atoms with Crippen molar-refractivity contribution >= 4 is 27.7 Å². The number of carboxylic acid groups (broad SMARTS) is 1. The molecule has 0 saturated heterocycles. The summed E-state index contributed by atoms with van der Waals surface area (Å²) in [5, 5.41) is 9.17. The van der Waals surface area contributed by atoms with Gasteiger partial charge in [-0.2, -0.15) is 0 Å². The SMILES string of the molecule is O=C(O)C1=C2C=C(Br)C(C(=O)c3ccccc3)N2CC1. The Morgan fingerprint density at radius 3 is 2.60 bits per heavy atom. The number of aliphatic carboxylic acids is 1. The van der Waals surface area contributed by atoms with Crippen LogP contribution in [0.15, 0.2) is 52.2 Å². The fourth-order valence-electron chi connectivity index (χ4n) is 2.69. The van der Waals surface area contributed by atoms with Crippen molar-refractivity contribution < 1.29 is 14.7 Å². The van der Waals surface area contributed by atoms with E-state index in [0.717, 1.165) is 4.48 Å². The van der Waals surface area contributed by atoms with E-state index in [0.29, 0.717) is 29.8 Å². The van der Waals surface area contributed by atoms with Crippen LogP contribution < -0.4 is 0 Å². The monoisotopic (exact) mass is 333 g/mol. The van der Waals surface area contributed by atoms with E-state index in [1.807, 2.05) is 23.1 Å². The van der Waals surface area contributed by atoms with Gasteiger partial charge in [0.05, 0.1) is 5.57 Å². The van der Waals surface area contributed by atoms with Gasteiger partial charge in [0.25, 0.3) is 0 Å². The number of carboxylic acids is 1. The molecule has 1 aromatic carbocycles. The molecular weight excluding hydrogens is 322 g/mol. The zero-order chi connectivity index (χ0) is 14.3. The summed E-state index contributed by atoms with van der Waals surface area (Å²) < 4.78 is 0.722. The topological polar surface area (TPSA) is 57.6 Å². The van der Waals surface area contributed by atoms with Gasteiger partial charge in [-0.25, -0.2) is 4.79 Å². The molecule has 0 bridgehead atoms. The van der Waals surface area contributed by atoms with Crippen LogP contribution in [0.3, 0.4) is 0 Å². The molecule has 0 amide bonds. The van der Waals surface area contributed by atoms with Crippen molar-refractivity contribution in [2.45, 2.75) is 12.5 Å². The quantitative estimate of drug-likeness (QED) is 0.864. The van der Waals surface area contributed by atoms with Gasteiger partial charge in [-0.3, -0.25) is 4.79 Å². The number of nitrogens with zero attached hydrogens (tertiary/aromatic N) is 1. The van der Waals surface area contributed by atoms with Crippen LogP contribution in [-0.2, 0) is 4.79 Å². The number of ketones is 1. The number of fused-ring (bicyclic) bond motifs is 1. The number of allylic oxidation sites excluding steroid dienone is 1. The summed E-state index contributed by atoms with van der Waals surface area (Å²) in [5.41, 5.74) is 1.66. The molecule has 1 atom stereocenters. The summed E-state index contributed by atoms with van der Waals surface area (Å²) in [5.74, 6) is -0.928. The van der Waals surface area contributed by atoms with Gasteiger partial charge in [0.1, 0.15) is 6.04 Å². The number of rotatable bonds is 3. The van der Waals surface area contributed by atoms with Crippen molar-refractivity contribution in [3.05, 3.63) is 57.7 Å². The minimum Gasteiger partial charge on any atom is -0.478 e. The van der Waals surface area contributed by atoms with Crippen molar-refractivity contribution in [2.24, 2.45) is 0 Å². The first-order chi connectivity index (χ1) is 9.59. The summed E-state index contributed by atoms with van der Waals surface area (Å²) in [6.07, 6.45) is 2.22. The third-order valence-corrected chi connectivity index (χ3v) is 4.30. The van der Waals surface area contributed by atoms with Gasteiger partial charge in [-0.1, -0.05) is 46.3 Å². The number of hydrogen-bond donors (Lipinski definition) is 1. The van der Waals surface area contributed by atoms with Crippen LogP contribution in [0.25, 0.3) is 0 Å². The molecule has 20 heavy (non-hydrogen) atoms. The van der Waals surface area contributed by atoms with Gasteiger partial charge in [-0.05, 0) is 12.5 Å². The van der Waals surface area contributed by atoms with Gasteiger partial charge in [0.15, 0.2) is 5.78 Å². The standard InChI is InChI=1S/C15H12BrNO3/c16-11-8-12-10(15(19)20)6-7-17(12)13(11)14(18)9-4-2-1-3-5-9/h1-5,8,13H,6-7H2,(H,19,20). The highest BCUT2D eigenvalue weighted by Gasteiger charge is 2.40. The van der Waals surface area contributed by atoms with Crippen molar-refractivity contribution in [3.63, 3.8) is 0 Å². The largest absolute Gasteiger partial charge is 0.478 e. The molecule has 3 rings (SSSR count). The Balaban J connectivity index is 1.96. The number of Topliss-reactive ketones (excluding diaryl/α,β-unsaturated/α-hetero) is 1. The fraction of sp³-hybridized carbons (Fsp3) is 0.200. The molecular formula is C15H12BrNO3. The molecule has 0 spiro atoms. The molecule has 2 aliphatic rings. The molecule has 2 heterocycles. The Bertz CT molecular complexity index is 648. The zero-order valence-corrected chi connectivity index (χ0v) is 12.1. The number of carbonyl (C=O) groups is 2. The smallest absolute Gasteiger partial charge is 0.333 e. The predicted molar refractivity (Wildman–Crippen MR) is 77.6 cm³/mol. The number of hydrogen-bond acceptors (Lipinski definition) is 3. The van der Waals surface area contributed by atoms with Gasteiger partial charge >= 0.3 is 5.97 Å². The van der Waals surface area contributed by atoms with E-state index >= 15 is 0 Å². The van der Waals surface area contributed by atoms with Crippen molar-refractivity contribution in [1.82, 2.24) is 4.90 Å². The second kappa shape index (κ2) is 4.90. The molecule has 0 aromatic heterocycles. The summed E-state index contributed by atoms with van der Waals surface area (Å²) in [7, 11) is 0. The maximum absolute atomic E-state index is 12.6. The molecule has 0 aliphatic carbocycles. The maximum Gasteiger partial charge on any atom is 0.333 e. The summed E-state index contributed by atoms with van der Waals surface area (Å²) in [6, 6.07) is 8.62. The minimum absolute atomic E-state index is 0.0182. The first-order valence-corrected chi connectivity index (χ1v) is 7.08. The predicted octanol–water partition coefficient (Wildman–Crippen LogP) is 2.57. The summed E-state index contributed by atoms with van der Waals surface area (Å²) in [6.45, 7) is 0.561. The number of benzene rings is 1. The molecule has 1 aromatic rings. The zero-order valence-electron chi connectivity index (χ0n) is 10.5. The van der Waals surface area contributed by atoms with E-state index in [9.17, 15) is 14.7 Å². The third kappa shape index (κ3) is 1.98. The Hall–Kier alpha value is -1.88. The van der Waals surface area contributed by atoms with E-state index in [-0.39, 0.29) is 5.78 Å². The molecule has 0 radical (unpaired) electrons. The van der Waals surface area contributed by atoms with E-state index in [1.165, 1.54) is 0 Å². The molecule has 0 saturated carbocycles. The van der Waals surface area contributed by atoms with Crippen LogP contribution >= 0.6 is 15.9 Å². The number of halogens is 1. The molecule has 0 fully saturated rings. The van der Waals surface area contributed by atoms with Crippen LogP contribution in [0.2, 0.25) is 0 Å². The normalized spacial score (nSPS) is 20.9. The van der Waals surface area contributed by atoms with E-state index in [1.54, 1.807) is 18.2 Å². The highest BCUT2D eigenvalue weighted by Crippen LogP contribution is 2.38. The fourth-order valence-corrected chi connectivity index (χ4v) is 3.37. The van der Waals surface area contributed by atoms with Crippen molar-refractivity contribution in [1.29, 1.82) is 0 Å². The van der Waals surface area contributed by atoms with Gasteiger partial charge in [0, 0.05) is 22.3 Å². The van der Waals surface area contributed by atoms with E-state index in [2.05, 4.69) is 15.9 Å². The Labute approximate surface area is 124 Å². The van der Waals surface area contributed by atoms with Crippen LogP contribution in [0.4, 0.5) is 0 Å². The average molecular weight is 334 g/mol. The first kappa shape index (κ1) is 13.1. The highest BCUT2D eigenvalue weighted by molar-refractivity contribution is 9.11. The van der Waals surface area contributed by atoms with Crippen LogP contribution in [0.1, 0.15) is 16.8 Å². The van der Waals surface area contributed by atoms with Crippen molar-refractivity contribution in [3.8, 4) is 0 Å². The highest BCUT2D eigenvalue weighted by atomic mass is 79.9. The lowest BCUT2D eigenvalue weighted by Crippen LogP contribution is -2.35. The lowest BCUT2D eigenvalue weighted by atomic mass is 10.0. The maximum atomic E-state index is 12.6. The molecule has 1 N–H and O–H groups in total. The van der Waals surface area contributed by atoms with Gasteiger partial charge in [0.2, 0.25) is 0 Å². The second-order valence-electron chi connectivity index (χ2n) is 4.77. The molecule has 102 valence electrons. The van der Waals surface area contributed by atoms with Crippen LogP contribution in [0.5, 0.6) is 0 Å². The third-order valence-electron chi connectivity index (χ3n) is 3.63. The lowest BCUT2D eigenvalue weighted by molar-refractivity contribution is -0.132. The van der Waals surface area contributed by atoms with Crippen LogP contribution in [0, 0.1) is 0 Å².